The van der Waals surface area contributed by atoms with Gasteiger partial charge in [0.25, 0.3) is 0 Å². The maximum atomic E-state index is 13.5. The first kappa shape index (κ1) is 86.8. The fraction of sp³-hybridized carbons (Fsp3) is 0.707. The number of hydrogen-bond donors (Lipinski definition) is 6. The Morgan fingerprint density at radius 2 is 0.774 bits per heavy atom. The average Bonchev–Trinajstić information content (AvgIpc) is 0.974. The van der Waals surface area contributed by atoms with Gasteiger partial charge in [-0.25, -0.2) is 0 Å². The van der Waals surface area contributed by atoms with Crippen LogP contribution in [0.5, 0.6) is 0 Å². The van der Waals surface area contributed by atoms with E-state index in [2.05, 4.69) is 148 Å². The number of esters is 1. The van der Waals surface area contributed by atoms with Crippen molar-refractivity contribution >= 4 is 11.9 Å². The lowest BCUT2D eigenvalue weighted by Gasteiger charge is -2.41. The second kappa shape index (κ2) is 67.8. The highest BCUT2D eigenvalue weighted by Gasteiger charge is 2.47. The third-order valence-electron chi connectivity index (χ3n) is 17.0. The zero-order valence-corrected chi connectivity index (χ0v) is 59.3. The number of unbranched alkanes of at least 4 members (excludes halogenated alkanes) is 30. The van der Waals surface area contributed by atoms with Gasteiger partial charge in [-0.15, -0.1) is 0 Å². The molecule has 1 aliphatic heterocycles. The summed E-state index contributed by atoms with van der Waals surface area (Å²) in [5.74, 6) is -1.21. The van der Waals surface area contributed by atoms with E-state index in [9.17, 15) is 35.1 Å². The van der Waals surface area contributed by atoms with Crippen LogP contribution >= 0.6 is 0 Å². The summed E-state index contributed by atoms with van der Waals surface area (Å²) in [7, 11) is 0. The van der Waals surface area contributed by atoms with Crippen molar-refractivity contribution < 1.29 is 49.3 Å². The highest BCUT2D eigenvalue weighted by atomic mass is 16.7. The zero-order chi connectivity index (χ0) is 67.4. The van der Waals surface area contributed by atoms with Crippen molar-refractivity contribution in [3.8, 4) is 0 Å². The van der Waals surface area contributed by atoms with Gasteiger partial charge >= 0.3 is 5.97 Å². The first-order chi connectivity index (χ1) is 45.7. The molecule has 1 heterocycles. The number of nitrogens with one attached hydrogen (secondary N) is 1. The van der Waals surface area contributed by atoms with Crippen molar-refractivity contribution in [2.24, 2.45) is 0 Å². The van der Waals surface area contributed by atoms with Gasteiger partial charge in [-0.3, -0.25) is 9.59 Å². The highest BCUT2D eigenvalue weighted by Crippen LogP contribution is 2.26. The highest BCUT2D eigenvalue weighted by molar-refractivity contribution is 5.80. The summed E-state index contributed by atoms with van der Waals surface area (Å²) in [5.41, 5.74) is 0. The normalized spacial score (nSPS) is 18.6. The van der Waals surface area contributed by atoms with Crippen molar-refractivity contribution in [3.05, 3.63) is 134 Å². The maximum Gasteiger partial charge on any atom is 0.306 e. The molecule has 1 rings (SSSR count). The lowest BCUT2D eigenvalue weighted by Crippen LogP contribution is -2.61. The number of allylic oxidation sites excluding steroid dienone is 21. The van der Waals surface area contributed by atoms with Crippen molar-refractivity contribution in [2.75, 3.05) is 13.2 Å². The van der Waals surface area contributed by atoms with Crippen LogP contribution in [-0.4, -0.2) is 99.6 Å². The minimum absolute atomic E-state index is 0.112. The first-order valence-corrected chi connectivity index (χ1v) is 38.0. The number of hydrogen-bond acceptors (Lipinski definition) is 10. The van der Waals surface area contributed by atoms with Crippen molar-refractivity contribution in [3.63, 3.8) is 0 Å². The molecule has 93 heavy (non-hydrogen) atoms. The molecular weight excluding hydrogens is 1160 g/mol. The van der Waals surface area contributed by atoms with Crippen molar-refractivity contribution in [1.82, 2.24) is 5.32 Å². The van der Waals surface area contributed by atoms with Crippen molar-refractivity contribution in [1.29, 1.82) is 0 Å². The molecule has 1 fully saturated rings. The molecule has 0 spiro atoms. The van der Waals surface area contributed by atoms with Crippen molar-refractivity contribution in [2.45, 2.75) is 359 Å². The van der Waals surface area contributed by atoms with Gasteiger partial charge in [0.1, 0.15) is 24.4 Å². The molecule has 532 valence electrons. The van der Waals surface area contributed by atoms with E-state index in [1.165, 1.54) is 116 Å². The van der Waals surface area contributed by atoms with Crippen LogP contribution in [0.1, 0.15) is 310 Å². The minimum atomic E-state index is -1.63. The quantitative estimate of drug-likeness (QED) is 0.0195. The molecule has 11 heteroatoms. The molecule has 0 saturated carbocycles. The number of carbonyl (C=O) groups is 2. The number of aliphatic hydroxyl groups excluding tert-OH is 5. The Morgan fingerprint density at radius 1 is 0.430 bits per heavy atom. The van der Waals surface area contributed by atoms with Crippen LogP contribution in [-0.2, 0) is 23.8 Å². The molecule has 8 atom stereocenters. The van der Waals surface area contributed by atoms with Gasteiger partial charge in [-0.05, 0) is 122 Å². The van der Waals surface area contributed by atoms with Crippen LogP contribution in [0.15, 0.2) is 134 Å². The number of carbonyl (C=O) groups excluding carboxylic acids is 2. The van der Waals surface area contributed by atoms with Gasteiger partial charge in [0.15, 0.2) is 12.4 Å². The van der Waals surface area contributed by atoms with Gasteiger partial charge in [0.2, 0.25) is 5.91 Å². The Balaban J connectivity index is 2.53. The van der Waals surface area contributed by atoms with E-state index in [-0.39, 0.29) is 19.4 Å². The van der Waals surface area contributed by atoms with Gasteiger partial charge < -0.3 is 45.1 Å². The van der Waals surface area contributed by atoms with E-state index in [4.69, 9.17) is 14.2 Å². The van der Waals surface area contributed by atoms with E-state index in [1.54, 1.807) is 6.08 Å². The first-order valence-electron chi connectivity index (χ1n) is 38.0. The lowest BCUT2D eigenvalue weighted by molar-refractivity contribution is -0.305. The smallest absolute Gasteiger partial charge is 0.306 e. The maximum absolute atomic E-state index is 13.5. The standard InChI is InChI=1S/C82H139NO10/c1-4-7-10-13-16-19-22-24-26-28-30-32-34-36-38-40-42-44-46-48-50-52-55-58-61-64-67-70-77(87)93-80-79(89)78(88)76(71-84)92-82(80)91-72-73(74(85)68-65-62-59-56-53-21-18-15-12-9-6-3)83-81(90)75(86)69-66-63-60-57-54-51-49-47-45-43-41-39-37-35-33-31-29-27-25-23-20-17-14-11-8-5-2/h8,11,16-17,19-20,24-27,30-33,36-39,43,45,65,68,73-76,78-80,82,84-86,88-89H,4-7,9-10,12-15,18,21-23,28-29,34-35,40-42,44,46-64,66-67,69-72H2,1-3H3,(H,83,90)/b11-8-,19-16-,20-17-,26-24-,27-25-,32-30-,33-31-,38-36-,39-37-,45-43-,68-65+. The number of ether oxygens (including phenoxy) is 3. The topological polar surface area (TPSA) is 175 Å². The molecular formula is C82H139NO10. The summed E-state index contributed by atoms with van der Waals surface area (Å²) in [4.78, 5) is 26.7. The van der Waals surface area contributed by atoms with Crippen LogP contribution in [0.3, 0.4) is 0 Å². The number of rotatable bonds is 64. The molecule has 0 bridgehead atoms. The summed E-state index contributed by atoms with van der Waals surface area (Å²) in [5, 5.41) is 57.3. The average molecular weight is 1300 g/mol. The molecule has 1 amide bonds. The lowest BCUT2D eigenvalue weighted by atomic mass is 9.99. The number of amides is 1. The fourth-order valence-corrected chi connectivity index (χ4v) is 11.1. The summed E-state index contributed by atoms with van der Waals surface area (Å²) in [6.45, 7) is 5.66. The van der Waals surface area contributed by atoms with Crippen LogP contribution in [0.4, 0.5) is 0 Å². The Bertz CT molecular complexity index is 2030. The third kappa shape index (κ3) is 54.6. The second-order valence-electron chi connectivity index (χ2n) is 25.6. The number of aliphatic hydroxyl groups is 5. The molecule has 0 aromatic carbocycles. The van der Waals surface area contributed by atoms with E-state index >= 15 is 0 Å². The monoisotopic (exact) mass is 1300 g/mol. The molecule has 8 unspecified atom stereocenters. The van der Waals surface area contributed by atoms with E-state index in [0.29, 0.717) is 12.8 Å². The molecule has 11 nitrogen and oxygen atoms in total. The van der Waals surface area contributed by atoms with Gasteiger partial charge in [-0.1, -0.05) is 315 Å². The Hall–Kier alpha value is -4.20. The van der Waals surface area contributed by atoms with Crippen LogP contribution in [0, 0.1) is 0 Å². The molecule has 1 aliphatic rings. The Kier molecular flexibility index (Phi) is 63.3. The largest absolute Gasteiger partial charge is 0.454 e. The third-order valence-corrected chi connectivity index (χ3v) is 17.0. The summed E-state index contributed by atoms with van der Waals surface area (Å²) >= 11 is 0. The molecule has 0 aliphatic carbocycles. The van der Waals surface area contributed by atoms with Crippen LogP contribution in [0.25, 0.3) is 0 Å². The van der Waals surface area contributed by atoms with Gasteiger partial charge in [-0.2, -0.15) is 0 Å². The fourth-order valence-electron chi connectivity index (χ4n) is 11.1. The Morgan fingerprint density at radius 3 is 1.18 bits per heavy atom. The molecule has 0 aromatic rings. The second-order valence-corrected chi connectivity index (χ2v) is 25.6. The summed E-state index contributed by atoms with van der Waals surface area (Å²) in [6, 6.07) is -1.04. The summed E-state index contributed by atoms with van der Waals surface area (Å²) < 4.78 is 17.7. The van der Waals surface area contributed by atoms with Gasteiger partial charge in [0.05, 0.1) is 25.4 Å². The van der Waals surface area contributed by atoms with E-state index < -0.39 is 67.4 Å². The summed E-state index contributed by atoms with van der Waals surface area (Å²) in [6.07, 6.45) is 86.3. The molecule has 6 N–H and O–H groups in total. The van der Waals surface area contributed by atoms with E-state index in [1.807, 2.05) is 6.08 Å². The molecule has 0 aromatic heterocycles. The minimum Gasteiger partial charge on any atom is -0.454 e. The Labute approximate surface area is 569 Å². The molecule has 1 saturated heterocycles. The van der Waals surface area contributed by atoms with Crippen LogP contribution < -0.4 is 5.32 Å². The molecule has 0 radical (unpaired) electrons. The van der Waals surface area contributed by atoms with E-state index in [0.717, 1.165) is 148 Å². The van der Waals surface area contributed by atoms with Gasteiger partial charge in [0, 0.05) is 6.42 Å². The predicted octanol–water partition coefficient (Wildman–Crippen LogP) is 20.3. The SMILES string of the molecule is CC/C=C\C/C=C\C/C=C\C/C=C\C/C=C\C/C=C\CCCCCCCCCC(O)C(=O)NC(COC1OC(CO)C(O)C(O)C1OC(=O)CCCCCCCCCCCCC/C=C\C/C=C\C/C=C\C/C=C\CCCCC)C(O)/C=C/CCCCCCCCCCC. The zero-order valence-electron chi connectivity index (χ0n) is 59.3. The van der Waals surface area contributed by atoms with Crippen LogP contribution in [0.2, 0.25) is 0 Å². The predicted molar refractivity (Wildman–Crippen MR) is 393 cm³/mol.